The van der Waals surface area contributed by atoms with Crippen molar-refractivity contribution in [3.8, 4) is 11.5 Å². The normalized spacial score (nSPS) is 19.4. The van der Waals surface area contributed by atoms with Gasteiger partial charge < -0.3 is 37.6 Å². The molecule has 2 aromatic carbocycles. The van der Waals surface area contributed by atoms with Gasteiger partial charge in [-0.15, -0.1) is 0 Å². The Morgan fingerprint density at radius 1 is 0.660 bits per heavy atom. The van der Waals surface area contributed by atoms with Crippen LogP contribution in [0.3, 0.4) is 0 Å². The molecule has 0 spiro atoms. The van der Waals surface area contributed by atoms with E-state index in [1.54, 1.807) is 13.0 Å². The Morgan fingerprint density at radius 3 is 1.47 bits per heavy atom. The first kappa shape index (κ1) is 39.7. The van der Waals surface area contributed by atoms with Gasteiger partial charge in [-0.2, -0.15) is 13.2 Å². The Kier molecular flexibility index (Phi) is 12.7. The molecule has 0 aromatic heterocycles. The molecular weight excluding hydrogens is 662 g/mol. The number of hydrogen-bond acceptors (Lipinski definition) is 8. The van der Waals surface area contributed by atoms with Gasteiger partial charge in [-0.05, 0) is 106 Å². The van der Waals surface area contributed by atoms with Crippen LogP contribution < -0.4 is 20.4 Å². The maximum absolute atomic E-state index is 13.1. The molecular formula is C32H45B2Cl2F3O8. The second-order valence-corrected chi connectivity index (χ2v) is 14.0. The van der Waals surface area contributed by atoms with Gasteiger partial charge in [0.1, 0.15) is 11.5 Å². The Labute approximate surface area is 287 Å². The fourth-order valence-corrected chi connectivity index (χ4v) is 5.11. The van der Waals surface area contributed by atoms with Crippen molar-refractivity contribution in [1.29, 1.82) is 0 Å². The second kappa shape index (κ2) is 15.0. The van der Waals surface area contributed by atoms with Gasteiger partial charge in [0.05, 0.1) is 28.0 Å². The fraction of sp³-hybridized carbons (Fsp3) is 0.625. The summed E-state index contributed by atoms with van der Waals surface area (Å²) < 4.78 is 84.7. The second-order valence-electron chi connectivity index (χ2n) is 13.2. The van der Waals surface area contributed by atoms with Crippen LogP contribution in [-0.2, 0) is 34.3 Å². The average Bonchev–Trinajstić information content (AvgIpc) is 3.26. The first-order valence-corrected chi connectivity index (χ1v) is 16.2. The number of benzene rings is 2. The summed E-state index contributed by atoms with van der Waals surface area (Å²) in [4.78, 5) is 0. The van der Waals surface area contributed by atoms with Gasteiger partial charge in [0.2, 0.25) is 0 Å². The van der Waals surface area contributed by atoms with Gasteiger partial charge in [0, 0.05) is 34.2 Å². The lowest BCUT2D eigenvalue weighted by atomic mass is 9.75. The van der Waals surface area contributed by atoms with Crippen molar-refractivity contribution in [2.24, 2.45) is 0 Å². The summed E-state index contributed by atoms with van der Waals surface area (Å²) >= 11 is 12.3. The summed E-state index contributed by atoms with van der Waals surface area (Å²) in [6, 6.07) is 5.38. The maximum atomic E-state index is 13.1. The standard InChI is InChI=1S/C16H21BClF3O4.C16H24BClO4/c1-6-22-9-23-12-8-10(16(19,20)21)7-11(18)13(12)17-24-14(2,3)15(4,5)25-17;1-7-19-10-20-13-9-12(18)8-11(2)14(13)17-21-15(3,4)16(5,6)22-17/h7-8H,6,9H2,1-5H3;8-9H,7,10H2,1-6H3. The van der Waals surface area contributed by atoms with E-state index in [0.29, 0.717) is 24.0 Å². The summed E-state index contributed by atoms with van der Waals surface area (Å²) in [6.07, 6.45) is -4.55. The van der Waals surface area contributed by atoms with Crippen LogP contribution in [-0.4, -0.2) is 63.4 Å². The first-order chi connectivity index (χ1) is 21.6. The minimum Gasteiger partial charge on any atom is -0.468 e. The molecule has 262 valence electrons. The van der Waals surface area contributed by atoms with Crippen LogP contribution in [0.25, 0.3) is 0 Å². The van der Waals surface area contributed by atoms with Crippen molar-refractivity contribution in [2.75, 3.05) is 26.8 Å². The van der Waals surface area contributed by atoms with E-state index in [9.17, 15) is 13.2 Å². The molecule has 0 radical (unpaired) electrons. The SMILES string of the molecule is CCOCOc1cc(C(F)(F)F)cc(Cl)c1B1OC(C)(C)C(C)(C)O1.CCOCOc1cc(Cl)cc(C)c1B1OC(C)(C)C(C)(C)O1. The molecule has 8 nitrogen and oxygen atoms in total. The summed E-state index contributed by atoms with van der Waals surface area (Å²) in [5.41, 5.74) is -0.999. The molecule has 2 aliphatic heterocycles. The van der Waals surface area contributed by atoms with Gasteiger partial charge in [-0.3, -0.25) is 0 Å². The highest BCUT2D eigenvalue weighted by Crippen LogP contribution is 2.40. The molecule has 0 unspecified atom stereocenters. The lowest BCUT2D eigenvalue weighted by Gasteiger charge is -2.32. The summed E-state index contributed by atoms with van der Waals surface area (Å²) in [7, 11) is -1.43. The summed E-state index contributed by atoms with van der Waals surface area (Å²) in [5.74, 6) is 0.559. The molecule has 2 aromatic rings. The molecule has 47 heavy (non-hydrogen) atoms. The van der Waals surface area contributed by atoms with Crippen LogP contribution in [0.5, 0.6) is 11.5 Å². The molecule has 0 bridgehead atoms. The number of hydrogen-bond donors (Lipinski definition) is 0. The Morgan fingerprint density at radius 2 is 1.06 bits per heavy atom. The third kappa shape index (κ3) is 9.30. The number of alkyl halides is 3. The van der Waals surface area contributed by atoms with E-state index in [1.165, 1.54) is 0 Å². The zero-order valence-electron chi connectivity index (χ0n) is 28.9. The zero-order chi connectivity index (χ0) is 35.6. The van der Waals surface area contributed by atoms with Gasteiger partial charge in [0.15, 0.2) is 13.6 Å². The predicted molar refractivity (Wildman–Crippen MR) is 178 cm³/mol. The fourth-order valence-electron chi connectivity index (χ4n) is 4.55. The number of rotatable bonds is 10. The van der Waals surface area contributed by atoms with E-state index in [4.69, 9.17) is 60.8 Å². The molecule has 4 rings (SSSR count). The van der Waals surface area contributed by atoms with Crippen LogP contribution in [0.4, 0.5) is 13.2 Å². The van der Waals surface area contributed by atoms with E-state index in [0.717, 1.165) is 23.2 Å². The van der Waals surface area contributed by atoms with Gasteiger partial charge >= 0.3 is 20.4 Å². The average molecular weight is 707 g/mol. The monoisotopic (exact) mass is 706 g/mol. The third-order valence-corrected chi connectivity index (χ3v) is 9.25. The van der Waals surface area contributed by atoms with Crippen LogP contribution >= 0.6 is 23.2 Å². The van der Waals surface area contributed by atoms with Gasteiger partial charge in [0.25, 0.3) is 0 Å². The molecule has 0 saturated carbocycles. The number of halogens is 5. The molecule has 0 atom stereocenters. The van der Waals surface area contributed by atoms with E-state index >= 15 is 0 Å². The highest BCUT2D eigenvalue weighted by atomic mass is 35.5. The van der Waals surface area contributed by atoms with Crippen molar-refractivity contribution in [3.05, 3.63) is 45.4 Å². The van der Waals surface area contributed by atoms with Crippen LogP contribution in [0.1, 0.15) is 80.4 Å². The minimum atomic E-state index is -4.55. The lowest BCUT2D eigenvalue weighted by Crippen LogP contribution is -2.41. The molecule has 0 aliphatic carbocycles. The Hall–Kier alpha value is -1.70. The number of aryl methyl sites for hydroxylation is 1. The molecule has 0 N–H and O–H groups in total. The zero-order valence-corrected chi connectivity index (χ0v) is 30.5. The molecule has 2 fully saturated rings. The van der Waals surface area contributed by atoms with E-state index in [2.05, 4.69) is 0 Å². The van der Waals surface area contributed by atoms with E-state index in [1.807, 2.05) is 75.3 Å². The number of ether oxygens (including phenoxy) is 4. The topological polar surface area (TPSA) is 73.8 Å². The summed E-state index contributed by atoms with van der Waals surface area (Å²) in [5, 5.41) is 0.476. The predicted octanol–water partition coefficient (Wildman–Crippen LogP) is 7.35. The van der Waals surface area contributed by atoms with Crippen molar-refractivity contribution in [2.45, 2.75) is 105 Å². The van der Waals surface area contributed by atoms with Crippen LogP contribution in [0.15, 0.2) is 24.3 Å². The van der Waals surface area contributed by atoms with Crippen molar-refractivity contribution in [1.82, 2.24) is 0 Å². The Bertz CT molecular complexity index is 1360. The van der Waals surface area contributed by atoms with Crippen molar-refractivity contribution in [3.63, 3.8) is 0 Å². The van der Waals surface area contributed by atoms with Crippen LogP contribution in [0, 0.1) is 6.92 Å². The summed E-state index contributed by atoms with van der Waals surface area (Å²) in [6.45, 7) is 22.0. The minimum absolute atomic E-state index is 0.0771. The largest absolute Gasteiger partial charge is 0.500 e. The van der Waals surface area contributed by atoms with Crippen molar-refractivity contribution >= 4 is 48.4 Å². The van der Waals surface area contributed by atoms with Crippen LogP contribution in [0.2, 0.25) is 10.0 Å². The third-order valence-electron chi connectivity index (χ3n) is 8.71. The van der Waals surface area contributed by atoms with E-state index in [-0.39, 0.29) is 29.8 Å². The van der Waals surface area contributed by atoms with Gasteiger partial charge in [-0.25, -0.2) is 0 Å². The highest BCUT2D eigenvalue weighted by molar-refractivity contribution is 6.66. The lowest BCUT2D eigenvalue weighted by molar-refractivity contribution is -0.137. The first-order valence-electron chi connectivity index (χ1n) is 15.4. The highest BCUT2D eigenvalue weighted by Gasteiger charge is 2.54. The molecule has 2 heterocycles. The molecule has 15 heteroatoms. The maximum Gasteiger partial charge on any atom is 0.500 e. The molecule has 2 saturated heterocycles. The smallest absolute Gasteiger partial charge is 0.468 e. The quantitative estimate of drug-likeness (QED) is 0.144. The molecule has 2 aliphatic rings. The van der Waals surface area contributed by atoms with Crippen molar-refractivity contribution < 1.29 is 50.7 Å². The molecule has 0 amide bonds. The van der Waals surface area contributed by atoms with E-state index < -0.39 is 48.4 Å². The Balaban J connectivity index is 0.000000257. The van der Waals surface area contributed by atoms with Gasteiger partial charge in [-0.1, -0.05) is 23.2 Å².